The summed E-state index contributed by atoms with van der Waals surface area (Å²) in [5.74, 6) is 2.05. The Hall–Kier alpha value is -2.33. The molecule has 4 rings (SSSR count). The molecule has 0 saturated heterocycles. The number of esters is 1. The van der Waals surface area contributed by atoms with Gasteiger partial charge >= 0.3 is 5.97 Å². The zero-order valence-electron chi connectivity index (χ0n) is 17.8. The first-order chi connectivity index (χ1) is 14.4. The molecule has 1 fully saturated rings. The summed E-state index contributed by atoms with van der Waals surface area (Å²) in [6.45, 7) is 6.83. The molecule has 30 heavy (non-hydrogen) atoms. The Morgan fingerprint density at radius 3 is 2.77 bits per heavy atom. The molecule has 1 saturated carbocycles. The van der Waals surface area contributed by atoms with Crippen molar-refractivity contribution < 1.29 is 9.53 Å². The quantitative estimate of drug-likeness (QED) is 0.447. The zero-order chi connectivity index (χ0) is 21.3. The molecule has 3 aromatic rings. The molecule has 3 unspecified atom stereocenters. The topological polar surface area (TPSA) is 44.1 Å². The highest BCUT2D eigenvalue weighted by Crippen LogP contribution is 2.35. The normalized spacial score (nSPS) is 21.8. The second-order valence-electron chi connectivity index (χ2n) is 8.88. The molecule has 1 aliphatic carbocycles. The van der Waals surface area contributed by atoms with Gasteiger partial charge in [-0.2, -0.15) is 0 Å². The van der Waals surface area contributed by atoms with E-state index in [9.17, 15) is 4.79 Å². The van der Waals surface area contributed by atoms with E-state index in [1.807, 2.05) is 53.1 Å². The van der Waals surface area contributed by atoms with Crippen LogP contribution in [-0.4, -0.2) is 21.6 Å². The number of para-hydroxylation sites is 2. The number of nitrogens with zero attached hydrogens (tertiary/aromatic N) is 2. The second-order valence-corrected chi connectivity index (χ2v) is 9.31. The van der Waals surface area contributed by atoms with Gasteiger partial charge in [-0.3, -0.25) is 4.79 Å². The maximum absolute atomic E-state index is 13.1. The van der Waals surface area contributed by atoms with Gasteiger partial charge in [-0.25, -0.2) is 4.98 Å². The van der Waals surface area contributed by atoms with Gasteiger partial charge in [-0.05, 0) is 54.9 Å². The predicted octanol–water partition coefficient (Wildman–Crippen LogP) is 6.36. The number of aromatic nitrogens is 2. The van der Waals surface area contributed by atoms with Gasteiger partial charge in [0.1, 0.15) is 18.5 Å². The minimum atomic E-state index is -0.203. The van der Waals surface area contributed by atoms with Crippen LogP contribution in [0.1, 0.15) is 40.0 Å². The van der Waals surface area contributed by atoms with Crippen molar-refractivity contribution in [1.82, 2.24) is 9.55 Å². The lowest BCUT2D eigenvalue weighted by atomic mass is 9.75. The number of imidazole rings is 1. The molecular weight excluding hydrogens is 396 g/mol. The standard InChI is InChI=1S/C25H29ClN2O2/c1-16(2)20-12-11-17(3)13-23(20)30-24(29)15-28-22-10-5-4-9-21(22)27-25(28)18-7-6-8-19(26)14-18/h4-10,14,16-17,20,23H,11-13,15H2,1-3H3. The Kier molecular flexibility index (Phi) is 6.14. The van der Waals surface area contributed by atoms with Crippen molar-refractivity contribution in [2.75, 3.05) is 0 Å². The third kappa shape index (κ3) is 4.39. The van der Waals surface area contributed by atoms with E-state index in [-0.39, 0.29) is 18.6 Å². The summed E-state index contributed by atoms with van der Waals surface area (Å²) in [7, 11) is 0. The Balaban J connectivity index is 1.63. The van der Waals surface area contributed by atoms with E-state index in [1.165, 1.54) is 6.42 Å². The van der Waals surface area contributed by atoms with Gasteiger partial charge in [-0.15, -0.1) is 0 Å². The summed E-state index contributed by atoms with van der Waals surface area (Å²) in [6, 6.07) is 15.4. The van der Waals surface area contributed by atoms with Crippen LogP contribution in [0.2, 0.25) is 5.02 Å². The number of ether oxygens (including phenoxy) is 1. The monoisotopic (exact) mass is 424 g/mol. The van der Waals surface area contributed by atoms with Gasteiger partial charge in [-0.1, -0.05) is 63.1 Å². The van der Waals surface area contributed by atoms with Gasteiger partial charge in [0.25, 0.3) is 0 Å². The summed E-state index contributed by atoms with van der Waals surface area (Å²) in [5, 5.41) is 0.643. The minimum Gasteiger partial charge on any atom is -0.461 e. The van der Waals surface area contributed by atoms with Crippen molar-refractivity contribution in [3.8, 4) is 11.4 Å². The first kappa shape index (κ1) is 20.9. The fourth-order valence-electron chi connectivity index (χ4n) is 4.67. The van der Waals surface area contributed by atoms with Gasteiger partial charge in [0.2, 0.25) is 0 Å². The van der Waals surface area contributed by atoms with Crippen LogP contribution in [0.15, 0.2) is 48.5 Å². The van der Waals surface area contributed by atoms with E-state index in [0.29, 0.717) is 22.8 Å². The van der Waals surface area contributed by atoms with E-state index in [1.54, 1.807) is 0 Å². The number of hydrogen-bond acceptors (Lipinski definition) is 3. The molecule has 0 N–H and O–H groups in total. The van der Waals surface area contributed by atoms with Crippen molar-refractivity contribution in [3.05, 3.63) is 53.6 Å². The highest BCUT2D eigenvalue weighted by Gasteiger charge is 2.33. The largest absolute Gasteiger partial charge is 0.461 e. The van der Waals surface area contributed by atoms with Crippen LogP contribution >= 0.6 is 11.6 Å². The maximum Gasteiger partial charge on any atom is 0.326 e. The first-order valence-corrected chi connectivity index (χ1v) is 11.2. The fourth-order valence-corrected chi connectivity index (χ4v) is 4.86. The predicted molar refractivity (Wildman–Crippen MR) is 121 cm³/mol. The average molecular weight is 425 g/mol. The van der Waals surface area contributed by atoms with Crippen molar-refractivity contribution >= 4 is 28.6 Å². The molecule has 1 aliphatic rings. The van der Waals surface area contributed by atoms with Gasteiger partial charge in [0, 0.05) is 10.6 Å². The molecule has 0 radical (unpaired) electrons. The van der Waals surface area contributed by atoms with Crippen molar-refractivity contribution in [1.29, 1.82) is 0 Å². The summed E-state index contributed by atoms with van der Waals surface area (Å²) in [4.78, 5) is 17.8. The van der Waals surface area contributed by atoms with Crippen LogP contribution in [0.5, 0.6) is 0 Å². The Morgan fingerprint density at radius 1 is 1.20 bits per heavy atom. The Bertz CT molecular complexity index is 1040. The number of hydrogen-bond donors (Lipinski definition) is 0. The average Bonchev–Trinajstić information content (AvgIpc) is 3.06. The number of carbonyl (C=O) groups excluding carboxylic acids is 1. The lowest BCUT2D eigenvalue weighted by molar-refractivity contribution is -0.156. The summed E-state index contributed by atoms with van der Waals surface area (Å²) >= 11 is 6.21. The molecule has 2 aromatic carbocycles. The lowest BCUT2D eigenvalue weighted by Crippen LogP contribution is -2.36. The van der Waals surface area contributed by atoms with E-state index in [0.717, 1.165) is 35.3 Å². The highest BCUT2D eigenvalue weighted by atomic mass is 35.5. The third-order valence-corrected chi connectivity index (χ3v) is 6.50. The fraction of sp³-hybridized carbons (Fsp3) is 0.440. The third-order valence-electron chi connectivity index (χ3n) is 6.27. The Morgan fingerprint density at radius 2 is 2.00 bits per heavy atom. The SMILES string of the molecule is CC1CCC(C(C)C)C(OC(=O)Cn2c(-c3cccc(Cl)c3)nc3ccccc32)C1. The smallest absolute Gasteiger partial charge is 0.326 e. The van der Waals surface area contributed by atoms with Crippen LogP contribution in [0, 0.1) is 17.8 Å². The molecule has 0 aliphatic heterocycles. The van der Waals surface area contributed by atoms with Crippen LogP contribution in [0.25, 0.3) is 22.4 Å². The molecule has 5 heteroatoms. The van der Waals surface area contributed by atoms with E-state index in [4.69, 9.17) is 21.3 Å². The first-order valence-electron chi connectivity index (χ1n) is 10.8. The molecule has 1 aromatic heterocycles. The highest BCUT2D eigenvalue weighted by molar-refractivity contribution is 6.30. The number of carbonyl (C=O) groups is 1. The minimum absolute atomic E-state index is 0.00865. The summed E-state index contributed by atoms with van der Waals surface area (Å²) in [5.41, 5.74) is 2.66. The summed E-state index contributed by atoms with van der Waals surface area (Å²) < 4.78 is 8.00. The Labute approximate surface area is 183 Å². The molecule has 0 amide bonds. The maximum atomic E-state index is 13.1. The molecule has 0 bridgehead atoms. The molecule has 3 atom stereocenters. The number of benzene rings is 2. The zero-order valence-corrected chi connectivity index (χ0v) is 18.6. The van der Waals surface area contributed by atoms with Crippen molar-refractivity contribution in [3.63, 3.8) is 0 Å². The van der Waals surface area contributed by atoms with Crippen molar-refractivity contribution in [2.45, 2.75) is 52.7 Å². The van der Waals surface area contributed by atoms with Crippen LogP contribution in [0.3, 0.4) is 0 Å². The number of fused-ring (bicyclic) bond motifs is 1. The van der Waals surface area contributed by atoms with E-state index < -0.39 is 0 Å². The summed E-state index contributed by atoms with van der Waals surface area (Å²) in [6.07, 6.45) is 3.27. The second kappa shape index (κ2) is 8.81. The number of rotatable bonds is 5. The van der Waals surface area contributed by atoms with E-state index in [2.05, 4.69) is 20.8 Å². The molecular formula is C25H29ClN2O2. The molecule has 1 heterocycles. The van der Waals surface area contributed by atoms with Gasteiger partial charge in [0.05, 0.1) is 11.0 Å². The van der Waals surface area contributed by atoms with Gasteiger partial charge < -0.3 is 9.30 Å². The van der Waals surface area contributed by atoms with Gasteiger partial charge in [0.15, 0.2) is 0 Å². The van der Waals surface area contributed by atoms with E-state index >= 15 is 0 Å². The number of halogens is 1. The van der Waals surface area contributed by atoms with Crippen LogP contribution in [0.4, 0.5) is 0 Å². The molecule has 0 spiro atoms. The molecule has 158 valence electrons. The van der Waals surface area contributed by atoms with Crippen LogP contribution in [-0.2, 0) is 16.1 Å². The lowest BCUT2D eigenvalue weighted by Gasteiger charge is -2.36. The molecule has 4 nitrogen and oxygen atoms in total. The van der Waals surface area contributed by atoms with Crippen LogP contribution < -0.4 is 0 Å². The van der Waals surface area contributed by atoms with Crippen molar-refractivity contribution in [2.24, 2.45) is 17.8 Å².